The van der Waals surface area contributed by atoms with E-state index in [1.165, 1.54) is 25.3 Å². The van der Waals surface area contributed by atoms with E-state index in [0.717, 1.165) is 6.42 Å². The number of amides is 1. The SMILES string of the molecule is CCNS(=O)(=O)c1ccc(OC)c(C(=O)N2C[C@H](C)C[C@H](C)C2)c1. The highest BCUT2D eigenvalue weighted by Crippen LogP contribution is 2.27. The molecule has 1 N–H and O–H groups in total. The van der Waals surface area contributed by atoms with Crippen molar-refractivity contribution in [2.45, 2.75) is 32.1 Å². The standard InChI is InChI=1S/C17H26N2O4S/c1-5-18-24(21,22)14-6-7-16(23-4)15(9-14)17(20)19-10-12(2)8-13(3)11-19/h6-7,9,12-13,18H,5,8,10-11H2,1-4H3/t12-,13+. The minimum Gasteiger partial charge on any atom is -0.496 e. The first-order chi connectivity index (χ1) is 11.3. The molecule has 1 fully saturated rings. The van der Waals surface area contributed by atoms with E-state index in [9.17, 15) is 13.2 Å². The van der Waals surface area contributed by atoms with Crippen LogP contribution < -0.4 is 9.46 Å². The van der Waals surface area contributed by atoms with E-state index in [1.807, 2.05) is 0 Å². The molecule has 0 radical (unpaired) electrons. The van der Waals surface area contributed by atoms with Gasteiger partial charge in [0.15, 0.2) is 0 Å². The topological polar surface area (TPSA) is 75.7 Å². The number of carbonyl (C=O) groups excluding carboxylic acids is 1. The van der Waals surface area contributed by atoms with E-state index >= 15 is 0 Å². The maximum absolute atomic E-state index is 12.9. The average molecular weight is 354 g/mol. The van der Waals surface area contributed by atoms with Crippen molar-refractivity contribution in [2.24, 2.45) is 11.8 Å². The van der Waals surface area contributed by atoms with Crippen molar-refractivity contribution in [3.8, 4) is 5.75 Å². The second-order valence-electron chi connectivity index (χ2n) is 6.52. The fourth-order valence-electron chi connectivity index (χ4n) is 3.29. The molecule has 0 unspecified atom stereocenters. The molecule has 1 aromatic rings. The van der Waals surface area contributed by atoms with E-state index in [1.54, 1.807) is 11.8 Å². The van der Waals surface area contributed by atoms with Gasteiger partial charge in [0.05, 0.1) is 17.6 Å². The van der Waals surface area contributed by atoms with Gasteiger partial charge in [0.25, 0.3) is 5.91 Å². The first-order valence-corrected chi connectivity index (χ1v) is 9.73. The van der Waals surface area contributed by atoms with Gasteiger partial charge in [-0.25, -0.2) is 13.1 Å². The maximum atomic E-state index is 12.9. The van der Waals surface area contributed by atoms with Crippen molar-refractivity contribution < 1.29 is 17.9 Å². The molecule has 1 aromatic carbocycles. The lowest BCUT2D eigenvalue weighted by Gasteiger charge is -2.35. The highest BCUT2D eigenvalue weighted by Gasteiger charge is 2.28. The van der Waals surface area contributed by atoms with Gasteiger partial charge in [-0.3, -0.25) is 4.79 Å². The van der Waals surface area contributed by atoms with E-state index < -0.39 is 10.0 Å². The van der Waals surface area contributed by atoms with Crippen LogP contribution in [0.25, 0.3) is 0 Å². The quantitative estimate of drug-likeness (QED) is 0.879. The Labute approximate surface area is 144 Å². The van der Waals surface area contributed by atoms with E-state index in [-0.39, 0.29) is 16.4 Å². The number of methoxy groups -OCH3 is 1. The van der Waals surface area contributed by atoms with Gasteiger partial charge in [-0.2, -0.15) is 0 Å². The Morgan fingerprint density at radius 2 is 1.92 bits per heavy atom. The first-order valence-electron chi connectivity index (χ1n) is 8.25. The molecule has 1 amide bonds. The van der Waals surface area contributed by atoms with Crippen LogP contribution in [0.1, 0.15) is 37.6 Å². The van der Waals surface area contributed by atoms with Crippen LogP contribution >= 0.6 is 0 Å². The van der Waals surface area contributed by atoms with Crippen LogP contribution in [0.4, 0.5) is 0 Å². The lowest BCUT2D eigenvalue weighted by atomic mass is 9.91. The first kappa shape index (κ1) is 18.7. The number of piperidine rings is 1. The normalized spacial score (nSPS) is 21.6. The lowest BCUT2D eigenvalue weighted by molar-refractivity contribution is 0.0619. The van der Waals surface area contributed by atoms with Crippen molar-refractivity contribution in [3.05, 3.63) is 23.8 Å². The van der Waals surface area contributed by atoms with E-state index in [0.29, 0.717) is 37.2 Å². The van der Waals surface area contributed by atoms with Crippen molar-refractivity contribution in [3.63, 3.8) is 0 Å². The highest BCUT2D eigenvalue weighted by molar-refractivity contribution is 7.89. The van der Waals surface area contributed by atoms with Gasteiger partial charge in [-0.15, -0.1) is 0 Å². The molecule has 1 saturated heterocycles. The molecule has 1 heterocycles. The molecule has 2 rings (SSSR count). The van der Waals surface area contributed by atoms with Gasteiger partial charge in [-0.1, -0.05) is 20.8 Å². The zero-order valence-electron chi connectivity index (χ0n) is 14.7. The summed E-state index contributed by atoms with van der Waals surface area (Å²) in [7, 11) is -2.14. The third-order valence-corrected chi connectivity index (χ3v) is 5.75. The summed E-state index contributed by atoms with van der Waals surface area (Å²) in [4.78, 5) is 14.8. The van der Waals surface area contributed by atoms with Gasteiger partial charge < -0.3 is 9.64 Å². The number of nitrogens with zero attached hydrogens (tertiary/aromatic N) is 1. The molecule has 134 valence electrons. The maximum Gasteiger partial charge on any atom is 0.257 e. The predicted octanol–water partition coefficient (Wildman–Crippen LogP) is 2.11. The molecular weight excluding hydrogens is 328 g/mol. The Hall–Kier alpha value is -1.60. The summed E-state index contributed by atoms with van der Waals surface area (Å²) in [6, 6.07) is 4.40. The van der Waals surface area contributed by atoms with Gasteiger partial charge in [0.2, 0.25) is 10.0 Å². The summed E-state index contributed by atoms with van der Waals surface area (Å²) in [5, 5.41) is 0. The number of ether oxygens (including phenoxy) is 1. The second-order valence-corrected chi connectivity index (χ2v) is 8.29. The van der Waals surface area contributed by atoms with Gasteiger partial charge >= 0.3 is 0 Å². The number of hydrogen-bond acceptors (Lipinski definition) is 4. The Morgan fingerprint density at radius 3 is 2.46 bits per heavy atom. The highest BCUT2D eigenvalue weighted by atomic mass is 32.2. The van der Waals surface area contributed by atoms with Crippen LogP contribution in [-0.2, 0) is 10.0 Å². The lowest BCUT2D eigenvalue weighted by Crippen LogP contribution is -2.42. The van der Waals surface area contributed by atoms with E-state index in [4.69, 9.17) is 4.74 Å². The second kappa shape index (κ2) is 7.53. The van der Waals surface area contributed by atoms with E-state index in [2.05, 4.69) is 18.6 Å². The molecule has 1 aliphatic heterocycles. The predicted molar refractivity (Wildman–Crippen MR) is 92.7 cm³/mol. The Balaban J connectivity index is 2.38. The summed E-state index contributed by atoms with van der Waals surface area (Å²) in [6.45, 7) is 7.61. The zero-order chi connectivity index (χ0) is 17.9. The Kier molecular flexibility index (Phi) is 5.87. The summed E-state index contributed by atoms with van der Waals surface area (Å²) in [5.74, 6) is 1.06. The largest absolute Gasteiger partial charge is 0.496 e. The van der Waals surface area contributed by atoms with Crippen LogP contribution in [0.3, 0.4) is 0 Å². The molecule has 0 aromatic heterocycles. The number of carbonyl (C=O) groups is 1. The van der Waals surface area contributed by atoms with Crippen molar-refractivity contribution in [1.29, 1.82) is 0 Å². The van der Waals surface area contributed by atoms with Crippen LogP contribution in [0.2, 0.25) is 0 Å². The molecule has 6 nitrogen and oxygen atoms in total. The molecular formula is C17H26N2O4S. The monoisotopic (exact) mass is 354 g/mol. The third kappa shape index (κ3) is 4.08. The number of likely N-dealkylation sites (tertiary alicyclic amines) is 1. The summed E-state index contributed by atoms with van der Waals surface area (Å²) >= 11 is 0. The zero-order valence-corrected chi connectivity index (χ0v) is 15.5. The van der Waals surface area contributed by atoms with Gasteiger partial charge in [0.1, 0.15) is 5.75 Å². The molecule has 2 atom stereocenters. The Bertz CT molecular complexity index is 693. The van der Waals surface area contributed by atoms with Crippen LogP contribution in [-0.4, -0.2) is 46.0 Å². The molecule has 7 heteroatoms. The van der Waals surface area contributed by atoms with Crippen molar-refractivity contribution in [1.82, 2.24) is 9.62 Å². The van der Waals surface area contributed by atoms with Crippen molar-refractivity contribution >= 4 is 15.9 Å². The van der Waals surface area contributed by atoms with Gasteiger partial charge in [-0.05, 0) is 36.5 Å². The number of hydrogen-bond donors (Lipinski definition) is 1. The van der Waals surface area contributed by atoms with Crippen molar-refractivity contribution in [2.75, 3.05) is 26.7 Å². The average Bonchev–Trinajstić information content (AvgIpc) is 2.52. The number of rotatable bonds is 5. The molecule has 1 aliphatic rings. The van der Waals surface area contributed by atoms with Gasteiger partial charge in [0, 0.05) is 19.6 Å². The minimum absolute atomic E-state index is 0.0756. The summed E-state index contributed by atoms with van der Waals surface area (Å²) < 4.78 is 32.1. The Morgan fingerprint density at radius 1 is 1.29 bits per heavy atom. The smallest absolute Gasteiger partial charge is 0.257 e. The van der Waals surface area contributed by atoms with Crippen LogP contribution in [0.15, 0.2) is 23.1 Å². The molecule has 0 spiro atoms. The molecule has 0 saturated carbocycles. The molecule has 0 bridgehead atoms. The molecule has 0 aliphatic carbocycles. The number of nitrogens with one attached hydrogen (secondary N) is 1. The fourth-order valence-corrected chi connectivity index (χ4v) is 4.36. The minimum atomic E-state index is -3.62. The fraction of sp³-hybridized carbons (Fsp3) is 0.588. The number of benzene rings is 1. The summed E-state index contributed by atoms with van der Waals surface area (Å²) in [5.41, 5.74) is 0.290. The molecule has 24 heavy (non-hydrogen) atoms. The van der Waals surface area contributed by atoms with Crippen LogP contribution in [0.5, 0.6) is 5.75 Å². The third-order valence-electron chi connectivity index (χ3n) is 4.20. The van der Waals surface area contributed by atoms with Crippen LogP contribution in [0, 0.1) is 11.8 Å². The number of sulfonamides is 1. The summed E-state index contributed by atoms with van der Waals surface area (Å²) in [6.07, 6.45) is 1.09.